The van der Waals surface area contributed by atoms with Crippen molar-refractivity contribution in [2.24, 2.45) is 4.99 Å². The Morgan fingerprint density at radius 3 is 2.58 bits per heavy atom. The highest BCUT2D eigenvalue weighted by atomic mass is 16.3. The summed E-state index contributed by atoms with van der Waals surface area (Å²) >= 11 is 0. The third kappa shape index (κ3) is 7.61. The third-order valence-corrected chi connectivity index (χ3v) is 5.24. The van der Waals surface area contributed by atoms with Gasteiger partial charge in [-0.2, -0.15) is 0 Å². The molecule has 3 rings (SSSR count). The zero-order valence-electron chi connectivity index (χ0n) is 18.5. The molecule has 0 bridgehead atoms. The molecule has 1 aliphatic heterocycles. The third-order valence-electron chi connectivity index (χ3n) is 5.24. The molecule has 2 aromatic rings. The Hall–Kier alpha value is -3.06. The van der Waals surface area contributed by atoms with Gasteiger partial charge in [0.15, 0.2) is 5.96 Å². The number of piperazine rings is 1. The summed E-state index contributed by atoms with van der Waals surface area (Å²) in [6.45, 7) is 5.46. The minimum Gasteiger partial charge on any atom is -0.469 e. The predicted molar refractivity (Wildman–Crippen MR) is 125 cm³/mol. The zero-order chi connectivity index (χ0) is 21.9. The van der Waals surface area contributed by atoms with E-state index in [0.717, 1.165) is 50.9 Å². The molecule has 31 heavy (non-hydrogen) atoms. The van der Waals surface area contributed by atoms with E-state index in [0.29, 0.717) is 6.54 Å². The first kappa shape index (κ1) is 22.6. The molecule has 0 atom stereocenters. The quantitative estimate of drug-likeness (QED) is 0.521. The van der Waals surface area contributed by atoms with Gasteiger partial charge in [-0.3, -0.25) is 9.69 Å². The summed E-state index contributed by atoms with van der Waals surface area (Å²) in [4.78, 5) is 22.9. The maximum Gasteiger partial charge on any atom is 0.243 e. The summed E-state index contributed by atoms with van der Waals surface area (Å²) in [5.41, 5.74) is 1.22. The van der Waals surface area contributed by atoms with Gasteiger partial charge in [0, 0.05) is 59.8 Å². The largest absolute Gasteiger partial charge is 0.469 e. The van der Waals surface area contributed by atoms with Gasteiger partial charge in [0.25, 0.3) is 0 Å². The number of amides is 1. The molecule has 1 amide bonds. The number of carbonyl (C=O) groups excluding carboxylic acids is 1. The van der Waals surface area contributed by atoms with Crippen LogP contribution in [0.2, 0.25) is 0 Å². The van der Waals surface area contributed by atoms with Crippen molar-refractivity contribution < 1.29 is 9.21 Å². The molecular weight excluding hydrogens is 390 g/mol. The van der Waals surface area contributed by atoms with Crippen molar-refractivity contribution in [2.75, 3.05) is 59.9 Å². The fourth-order valence-corrected chi connectivity index (χ4v) is 3.35. The zero-order valence-corrected chi connectivity index (χ0v) is 18.5. The first-order valence-corrected chi connectivity index (χ1v) is 10.8. The molecule has 0 saturated carbocycles. The average molecular weight is 424 g/mol. The number of furan rings is 1. The molecule has 0 aliphatic carbocycles. The van der Waals surface area contributed by atoms with Crippen LogP contribution in [0, 0.1) is 0 Å². The molecule has 1 fully saturated rings. The van der Waals surface area contributed by atoms with E-state index < -0.39 is 0 Å². The number of hydrogen-bond donors (Lipinski definition) is 1. The van der Waals surface area contributed by atoms with Gasteiger partial charge in [0.2, 0.25) is 5.91 Å². The molecule has 1 aromatic heterocycles. The summed E-state index contributed by atoms with van der Waals surface area (Å²) in [5.74, 6) is 1.72. The van der Waals surface area contributed by atoms with Crippen molar-refractivity contribution in [2.45, 2.75) is 6.42 Å². The monoisotopic (exact) mass is 423 g/mol. The standard InChI is InChI=1S/C24H33N5O2/c1-27(2)23(30)20-26-24(25-13-12-22-11-7-19-31-22)29-17-15-28(16-18-29)14-6-10-21-8-4-3-5-9-21/h3-11,19H,12-18,20H2,1-2H3,(H,25,26)/b10-6+. The fraction of sp³-hybridized carbons (Fsp3) is 0.417. The number of nitrogens with zero attached hydrogens (tertiary/aromatic N) is 4. The normalized spacial score (nSPS) is 15.4. The lowest BCUT2D eigenvalue weighted by atomic mass is 10.2. The van der Waals surface area contributed by atoms with E-state index in [1.165, 1.54) is 5.56 Å². The molecule has 0 unspecified atom stereocenters. The number of carbonyl (C=O) groups is 1. The highest BCUT2D eigenvalue weighted by Crippen LogP contribution is 2.06. The van der Waals surface area contributed by atoms with E-state index >= 15 is 0 Å². The summed E-state index contributed by atoms with van der Waals surface area (Å²) in [6, 6.07) is 14.2. The Morgan fingerprint density at radius 2 is 1.90 bits per heavy atom. The Kier molecular flexibility index (Phi) is 8.72. The van der Waals surface area contributed by atoms with Crippen LogP contribution in [-0.2, 0) is 11.2 Å². The van der Waals surface area contributed by atoms with E-state index in [-0.39, 0.29) is 12.5 Å². The maximum absolute atomic E-state index is 12.0. The summed E-state index contributed by atoms with van der Waals surface area (Å²) in [7, 11) is 3.51. The van der Waals surface area contributed by atoms with Gasteiger partial charge < -0.3 is 19.5 Å². The van der Waals surface area contributed by atoms with Crippen LogP contribution in [-0.4, -0.2) is 86.5 Å². The summed E-state index contributed by atoms with van der Waals surface area (Å²) < 4.78 is 5.41. The number of benzene rings is 1. The maximum atomic E-state index is 12.0. The Balaban J connectivity index is 1.50. The minimum absolute atomic E-state index is 0.00461. The average Bonchev–Trinajstić information content (AvgIpc) is 3.31. The Morgan fingerprint density at radius 1 is 1.13 bits per heavy atom. The SMILES string of the molecule is CN(C)C(=O)CN=C(NCCc1ccco1)N1CCN(C/C=C/c2ccccc2)CC1. The van der Waals surface area contributed by atoms with Crippen molar-refractivity contribution in [1.82, 2.24) is 20.0 Å². The second-order valence-corrected chi connectivity index (χ2v) is 7.78. The van der Waals surface area contributed by atoms with Crippen LogP contribution < -0.4 is 5.32 Å². The molecule has 1 aromatic carbocycles. The van der Waals surface area contributed by atoms with Crippen LogP contribution in [0.1, 0.15) is 11.3 Å². The van der Waals surface area contributed by atoms with Crippen molar-refractivity contribution in [3.63, 3.8) is 0 Å². The Labute approximate surface area is 185 Å². The molecule has 2 heterocycles. The highest BCUT2D eigenvalue weighted by Gasteiger charge is 2.19. The highest BCUT2D eigenvalue weighted by molar-refractivity contribution is 5.85. The molecule has 7 heteroatoms. The number of guanidine groups is 1. The number of nitrogens with one attached hydrogen (secondary N) is 1. The minimum atomic E-state index is -0.00461. The van der Waals surface area contributed by atoms with Crippen LogP contribution in [0.3, 0.4) is 0 Å². The van der Waals surface area contributed by atoms with Gasteiger partial charge in [-0.1, -0.05) is 42.5 Å². The van der Waals surface area contributed by atoms with Gasteiger partial charge in [0.1, 0.15) is 12.3 Å². The van der Waals surface area contributed by atoms with E-state index in [1.807, 2.05) is 18.2 Å². The van der Waals surface area contributed by atoms with Crippen molar-refractivity contribution in [1.29, 1.82) is 0 Å². The van der Waals surface area contributed by atoms with Crippen LogP contribution in [0.5, 0.6) is 0 Å². The Bertz CT molecular complexity index is 838. The molecule has 1 saturated heterocycles. The molecule has 0 spiro atoms. The summed E-state index contributed by atoms with van der Waals surface area (Å²) in [5, 5.41) is 3.41. The predicted octanol–water partition coefficient (Wildman–Crippen LogP) is 2.19. The van der Waals surface area contributed by atoms with Gasteiger partial charge in [-0.15, -0.1) is 0 Å². The van der Waals surface area contributed by atoms with Crippen LogP contribution in [0.4, 0.5) is 0 Å². The molecule has 7 nitrogen and oxygen atoms in total. The molecule has 1 N–H and O–H groups in total. The molecular formula is C24H33N5O2. The van der Waals surface area contributed by atoms with Gasteiger partial charge in [0.05, 0.1) is 6.26 Å². The number of likely N-dealkylation sites (N-methyl/N-ethyl adjacent to an activating group) is 1. The summed E-state index contributed by atoms with van der Waals surface area (Å²) in [6.07, 6.45) is 6.85. The lowest BCUT2D eigenvalue weighted by Gasteiger charge is -2.36. The van der Waals surface area contributed by atoms with Crippen LogP contribution >= 0.6 is 0 Å². The van der Waals surface area contributed by atoms with Crippen molar-refractivity contribution in [3.8, 4) is 0 Å². The topological polar surface area (TPSA) is 64.3 Å². The smallest absolute Gasteiger partial charge is 0.243 e. The number of aliphatic imine (C=N–C) groups is 1. The lowest BCUT2D eigenvalue weighted by molar-refractivity contribution is -0.127. The second kappa shape index (κ2) is 12.0. The van der Waals surface area contributed by atoms with Crippen molar-refractivity contribution >= 4 is 17.9 Å². The van der Waals surface area contributed by atoms with E-state index in [2.05, 4.69) is 56.5 Å². The van der Waals surface area contributed by atoms with E-state index in [4.69, 9.17) is 4.42 Å². The number of rotatable bonds is 8. The van der Waals surface area contributed by atoms with Crippen molar-refractivity contribution in [3.05, 3.63) is 66.1 Å². The first-order valence-electron chi connectivity index (χ1n) is 10.8. The second-order valence-electron chi connectivity index (χ2n) is 7.78. The molecule has 0 radical (unpaired) electrons. The lowest BCUT2D eigenvalue weighted by Crippen LogP contribution is -2.52. The van der Waals surface area contributed by atoms with Crippen LogP contribution in [0.15, 0.2) is 64.2 Å². The van der Waals surface area contributed by atoms with E-state index in [1.54, 1.807) is 25.3 Å². The van der Waals surface area contributed by atoms with Gasteiger partial charge in [-0.25, -0.2) is 4.99 Å². The molecule has 166 valence electrons. The fourth-order valence-electron chi connectivity index (χ4n) is 3.35. The number of hydrogen-bond acceptors (Lipinski definition) is 4. The van der Waals surface area contributed by atoms with Crippen LogP contribution in [0.25, 0.3) is 6.08 Å². The van der Waals surface area contributed by atoms with Gasteiger partial charge in [-0.05, 0) is 17.7 Å². The molecule has 1 aliphatic rings. The van der Waals surface area contributed by atoms with E-state index in [9.17, 15) is 4.79 Å². The first-order chi connectivity index (χ1) is 15.1. The van der Waals surface area contributed by atoms with Gasteiger partial charge >= 0.3 is 0 Å².